The molecule has 0 unspecified atom stereocenters. The molecule has 13 heteroatoms. The highest BCUT2D eigenvalue weighted by Crippen LogP contribution is 2.26. The van der Waals surface area contributed by atoms with Gasteiger partial charge in [-0.05, 0) is 69.3 Å². The minimum atomic E-state index is -3.95. The van der Waals surface area contributed by atoms with E-state index in [1.54, 1.807) is 24.3 Å². The fourth-order valence-corrected chi connectivity index (χ4v) is 11.1. The molecule has 45 heavy (non-hydrogen) atoms. The van der Waals surface area contributed by atoms with Crippen molar-refractivity contribution in [2.45, 2.75) is 0 Å². The van der Waals surface area contributed by atoms with E-state index < -0.39 is 55.8 Å². The molecule has 0 aliphatic carbocycles. The number of benzene rings is 4. The summed E-state index contributed by atoms with van der Waals surface area (Å²) in [6.45, 7) is 0. The Morgan fingerprint density at radius 2 is 0.489 bits per heavy atom. The largest absolute Gasteiger partial charge is 0.386 e. The lowest BCUT2D eigenvalue weighted by Crippen LogP contribution is -2.75. The number of ether oxygens (including phenoxy) is 4. The highest BCUT2D eigenvalue weighted by molar-refractivity contribution is 7.20. The summed E-state index contributed by atoms with van der Waals surface area (Å²) in [5, 5.41) is 1.67. The smallest absolute Gasteiger partial charge is 0.346 e. The molecule has 0 fully saturated rings. The molecule has 216 valence electrons. The minimum absolute atomic E-state index is 0.0148. The third kappa shape index (κ3) is 3.46. The minimum Gasteiger partial charge on any atom is -0.386 e. The first-order chi connectivity index (χ1) is 21.6. The number of hydrogen-bond donors (Lipinski definition) is 0. The molecule has 0 atom stereocenters. The molecule has 0 amide bonds. The van der Waals surface area contributed by atoms with E-state index in [4.69, 9.17) is 18.9 Å². The first-order valence-corrected chi connectivity index (χ1v) is 15.2. The predicted octanol–water partition coefficient (Wildman–Crippen LogP) is 0.306. The quantitative estimate of drug-likeness (QED) is 0.101. The van der Waals surface area contributed by atoms with Crippen molar-refractivity contribution < 1.29 is 57.3 Å². The van der Waals surface area contributed by atoms with Crippen molar-refractivity contribution >= 4 is 76.6 Å². The fraction of sp³-hybridized carbons (Fsp3) is 0. The molecule has 4 heterocycles. The summed E-state index contributed by atoms with van der Waals surface area (Å²) in [5.41, 5.74) is -0.120. The van der Waals surface area contributed by atoms with E-state index in [1.165, 1.54) is 48.5 Å². The molecule has 12 nitrogen and oxygen atoms in total. The topological polar surface area (TPSA) is 173 Å². The second kappa shape index (κ2) is 8.84. The normalized spacial score (nSPS) is 16.2. The number of hydrogen-bond acceptors (Lipinski definition) is 12. The highest BCUT2D eigenvalue weighted by Gasteiger charge is 2.47. The molecule has 4 aromatic rings. The molecule has 8 rings (SSSR count). The number of esters is 8. The van der Waals surface area contributed by atoms with Gasteiger partial charge in [0, 0.05) is 0 Å². The van der Waals surface area contributed by atoms with Gasteiger partial charge >= 0.3 is 47.8 Å². The zero-order valence-corrected chi connectivity index (χ0v) is 23.3. The van der Waals surface area contributed by atoms with Gasteiger partial charge in [0.25, 0.3) is 0 Å². The molecule has 4 aliphatic rings. The molecule has 0 aromatic heterocycles. The van der Waals surface area contributed by atoms with Crippen LogP contribution >= 0.6 is 0 Å². The summed E-state index contributed by atoms with van der Waals surface area (Å²) in [6.07, 6.45) is 0. The fourth-order valence-electron chi connectivity index (χ4n) is 6.27. The zero-order valence-electron chi connectivity index (χ0n) is 22.3. The van der Waals surface area contributed by atoms with Gasteiger partial charge in [0.1, 0.15) is 0 Å². The third-order valence-corrected chi connectivity index (χ3v) is 13.0. The van der Waals surface area contributed by atoms with Crippen molar-refractivity contribution in [2.24, 2.45) is 0 Å². The number of carbonyl (C=O) groups is 8. The van der Waals surface area contributed by atoms with Crippen molar-refractivity contribution in [3.05, 3.63) is 117 Å². The van der Waals surface area contributed by atoms with E-state index in [9.17, 15) is 38.4 Å². The number of rotatable bonds is 4. The maximum absolute atomic E-state index is 12.7. The summed E-state index contributed by atoms with van der Waals surface area (Å²) in [6, 6.07) is 17.8. The van der Waals surface area contributed by atoms with Crippen LogP contribution in [0.2, 0.25) is 0 Å². The molecule has 0 saturated heterocycles. The standard InChI is InChI=1S/C32H12O12Si/c33-25-17-5-1-13(9-21(17)29(37)41-25)45(14-2-6-18-22(10-14)30(38)42-26(18)34,15-3-7-19-23(11-15)31(39)43-27(19)35)16-4-8-20-24(12-16)32(40)44-28(20)36/h1-12H. The Kier molecular flexibility index (Phi) is 5.17. The monoisotopic (exact) mass is 616 g/mol. The van der Waals surface area contributed by atoms with Crippen LogP contribution in [0.5, 0.6) is 0 Å². The Labute approximate surface area is 251 Å². The van der Waals surface area contributed by atoms with Crippen molar-refractivity contribution in [1.29, 1.82) is 0 Å². The van der Waals surface area contributed by atoms with Crippen LogP contribution in [0.4, 0.5) is 0 Å². The summed E-state index contributed by atoms with van der Waals surface area (Å²) in [7, 11) is -3.95. The molecule has 4 aliphatic heterocycles. The van der Waals surface area contributed by atoms with Crippen LogP contribution in [-0.2, 0) is 18.9 Å². The van der Waals surface area contributed by atoms with Crippen LogP contribution in [0, 0.1) is 0 Å². The zero-order chi connectivity index (χ0) is 31.4. The summed E-state index contributed by atoms with van der Waals surface area (Å²) in [4.78, 5) is 100. The number of carbonyl (C=O) groups excluding carboxylic acids is 8. The Balaban J connectivity index is 1.52. The number of fused-ring (bicyclic) bond motifs is 4. The summed E-state index contributed by atoms with van der Waals surface area (Å²) >= 11 is 0. The van der Waals surface area contributed by atoms with Gasteiger partial charge in [-0.3, -0.25) is 0 Å². The molecular formula is C32H12O12Si. The van der Waals surface area contributed by atoms with Gasteiger partial charge < -0.3 is 18.9 Å². The van der Waals surface area contributed by atoms with E-state index in [2.05, 4.69) is 0 Å². The maximum Gasteiger partial charge on any atom is 0.346 e. The Hall–Kier alpha value is -6.34. The van der Waals surface area contributed by atoms with E-state index in [0.29, 0.717) is 20.7 Å². The van der Waals surface area contributed by atoms with Gasteiger partial charge in [-0.1, -0.05) is 24.3 Å². The predicted molar refractivity (Wildman–Crippen MR) is 149 cm³/mol. The first kappa shape index (κ1) is 26.3. The molecule has 0 bridgehead atoms. The van der Waals surface area contributed by atoms with Crippen LogP contribution in [0.15, 0.2) is 72.8 Å². The van der Waals surface area contributed by atoms with Gasteiger partial charge in [0.05, 0.1) is 44.5 Å². The van der Waals surface area contributed by atoms with Crippen LogP contribution < -0.4 is 20.7 Å². The second-order valence-corrected chi connectivity index (χ2v) is 14.3. The third-order valence-electron chi connectivity index (χ3n) is 8.31. The molecule has 0 N–H and O–H groups in total. The van der Waals surface area contributed by atoms with Crippen LogP contribution in [0.25, 0.3) is 0 Å². The van der Waals surface area contributed by atoms with Crippen LogP contribution in [0.3, 0.4) is 0 Å². The Morgan fingerprint density at radius 1 is 0.289 bits per heavy atom. The van der Waals surface area contributed by atoms with E-state index in [0.717, 1.165) is 0 Å². The lowest BCUT2D eigenvalue weighted by atomic mass is 10.1. The lowest BCUT2D eigenvalue weighted by molar-refractivity contribution is 0.0425. The maximum atomic E-state index is 12.7. The highest BCUT2D eigenvalue weighted by atomic mass is 28.3. The molecule has 0 radical (unpaired) electrons. The first-order valence-electron chi connectivity index (χ1n) is 13.2. The van der Waals surface area contributed by atoms with Gasteiger partial charge in [0.15, 0.2) is 8.07 Å². The van der Waals surface area contributed by atoms with Gasteiger partial charge in [-0.15, -0.1) is 0 Å². The summed E-state index contributed by atoms with van der Waals surface area (Å²) < 4.78 is 19.3. The van der Waals surface area contributed by atoms with Crippen molar-refractivity contribution in [3.8, 4) is 0 Å². The van der Waals surface area contributed by atoms with Gasteiger partial charge in [-0.2, -0.15) is 0 Å². The van der Waals surface area contributed by atoms with Gasteiger partial charge in [0.2, 0.25) is 0 Å². The second-order valence-electron chi connectivity index (χ2n) is 10.5. The average molecular weight is 617 g/mol. The van der Waals surface area contributed by atoms with Crippen molar-refractivity contribution in [3.63, 3.8) is 0 Å². The van der Waals surface area contributed by atoms with Crippen molar-refractivity contribution in [2.75, 3.05) is 0 Å². The molecule has 0 saturated carbocycles. The van der Waals surface area contributed by atoms with E-state index >= 15 is 0 Å². The van der Waals surface area contributed by atoms with Crippen molar-refractivity contribution in [1.82, 2.24) is 0 Å². The Morgan fingerprint density at radius 3 is 0.711 bits per heavy atom. The lowest BCUT2D eigenvalue weighted by Gasteiger charge is -2.35. The van der Waals surface area contributed by atoms with Gasteiger partial charge in [-0.25, -0.2) is 38.4 Å². The molecule has 4 aromatic carbocycles. The molecular weight excluding hydrogens is 604 g/mol. The molecule has 0 spiro atoms. The Bertz CT molecular complexity index is 1910. The van der Waals surface area contributed by atoms with Crippen LogP contribution in [0.1, 0.15) is 82.9 Å². The SMILES string of the molecule is O=C1OC(=O)c2cc([Si](c3ccc4c(c3)C(=O)OC4=O)(c3ccc4c(c3)C(=O)OC4=O)c3ccc4c(c3)C(=O)OC4=O)ccc21. The van der Waals surface area contributed by atoms with E-state index in [-0.39, 0.29) is 44.5 Å². The average Bonchev–Trinajstić information content (AvgIpc) is 3.69. The summed E-state index contributed by atoms with van der Waals surface area (Å²) in [5.74, 6) is -6.95. The van der Waals surface area contributed by atoms with E-state index in [1.807, 2.05) is 0 Å². The van der Waals surface area contributed by atoms with Crippen LogP contribution in [-0.4, -0.2) is 55.8 Å². The number of cyclic esters (lactones) is 8.